The maximum atomic E-state index is 13.0. The molecule has 0 aromatic heterocycles. The molecule has 0 saturated heterocycles. The molecular formula is C31H35N3O5. The van der Waals surface area contributed by atoms with Gasteiger partial charge in [-0.25, -0.2) is 0 Å². The van der Waals surface area contributed by atoms with Crippen molar-refractivity contribution in [3.05, 3.63) is 107 Å². The van der Waals surface area contributed by atoms with Crippen molar-refractivity contribution in [3.8, 4) is 0 Å². The second-order valence-electron chi connectivity index (χ2n) is 9.47. The molecule has 0 fully saturated rings. The number of hydrogen-bond donors (Lipinski definition) is 4. The molecule has 5 N–H and O–H groups in total. The van der Waals surface area contributed by atoms with Gasteiger partial charge in [0.15, 0.2) is 5.76 Å². The van der Waals surface area contributed by atoms with Crippen molar-refractivity contribution in [3.63, 3.8) is 0 Å². The number of benzene rings is 3. The van der Waals surface area contributed by atoms with Gasteiger partial charge in [-0.2, -0.15) is 0 Å². The minimum absolute atomic E-state index is 0.00902. The summed E-state index contributed by atoms with van der Waals surface area (Å²) in [5, 5.41) is 15.0. The number of rotatable bonds is 12. The molecule has 0 unspecified atom stereocenters. The Morgan fingerprint density at radius 3 is 2.41 bits per heavy atom. The third-order valence-corrected chi connectivity index (χ3v) is 6.50. The van der Waals surface area contributed by atoms with Gasteiger partial charge in [0.2, 0.25) is 12.2 Å². The fraction of sp³-hybridized carbons (Fsp3) is 0.290. The number of amides is 2. The Kier molecular flexibility index (Phi) is 10.1. The number of hydrogen-bond acceptors (Lipinski definition) is 6. The van der Waals surface area contributed by atoms with Crippen LogP contribution in [0.15, 0.2) is 90.7 Å². The summed E-state index contributed by atoms with van der Waals surface area (Å²) in [5.74, 6) is -0.225. The lowest BCUT2D eigenvalue weighted by Gasteiger charge is -2.29. The van der Waals surface area contributed by atoms with E-state index in [-0.39, 0.29) is 30.1 Å². The summed E-state index contributed by atoms with van der Waals surface area (Å²) in [6.07, 6.45) is 3.42. The van der Waals surface area contributed by atoms with Crippen LogP contribution < -0.4 is 16.4 Å². The number of aliphatic hydroxyl groups excluding tert-OH is 1. The van der Waals surface area contributed by atoms with Crippen LogP contribution in [0, 0.1) is 0 Å². The summed E-state index contributed by atoms with van der Waals surface area (Å²) >= 11 is 0. The van der Waals surface area contributed by atoms with E-state index in [1.807, 2.05) is 72.8 Å². The summed E-state index contributed by atoms with van der Waals surface area (Å²) in [4.78, 5) is 25.2. The van der Waals surface area contributed by atoms with Crippen molar-refractivity contribution in [2.45, 2.75) is 51.1 Å². The predicted octanol–water partition coefficient (Wildman–Crippen LogP) is 4.62. The zero-order chi connectivity index (χ0) is 27.5. The average molecular weight is 530 g/mol. The number of carbonyl (C=O) groups excluding carboxylic acids is 2. The quantitative estimate of drug-likeness (QED) is 0.201. The van der Waals surface area contributed by atoms with E-state index in [2.05, 4.69) is 10.6 Å². The van der Waals surface area contributed by atoms with E-state index in [1.54, 1.807) is 12.1 Å². The molecular weight excluding hydrogens is 494 g/mol. The molecule has 8 heteroatoms. The fourth-order valence-electron chi connectivity index (χ4n) is 4.30. The van der Waals surface area contributed by atoms with Gasteiger partial charge in [0.1, 0.15) is 0 Å². The Morgan fingerprint density at radius 2 is 1.67 bits per heavy atom. The largest absolute Gasteiger partial charge is 0.459 e. The molecule has 8 nitrogen and oxygen atoms in total. The van der Waals surface area contributed by atoms with Crippen LogP contribution in [-0.2, 0) is 32.3 Å². The second-order valence-corrected chi connectivity index (χ2v) is 9.47. The molecule has 4 rings (SSSR count). The van der Waals surface area contributed by atoms with Gasteiger partial charge >= 0.3 is 0 Å². The minimum atomic E-state index is -0.590. The van der Waals surface area contributed by atoms with E-state index in [0.29, 0.717) is 50.2 Å². The van der Waals surface area contributed by atoms with E-state index in [1.165, 1.54) is 0 Å². The third kappa shape index (κ3) is 8.43. The van der Waals surface area contributed by atoms with E-state index in [4.69, 9.17) is 15.2 Å². The number of aliphatic hydroxyl groups is 1. The average Bonchev–Trinajstić information content (AvgIpc) is 2.97. The number of nitrogen functional groups attached to an aromatic ring is 1. The second kappa shape index (κ2) is 14.1. The predicted molar refractivity (Wildman–Crippen MR) is 150 cm³/mol. The Labute approximate surface area is 228 Å². The minimum Gasteiger partial charge on any atom is -0.459 e. The molecule has 3 aromatic rings. The molecule has 39 heavy (non-hydrogen) atoms. The molecule has 0 saturated carbocycles. The lowest BCUT2D eigenvalue weighted by molar-refractivity contribution is -0.150. The van der Waals surface area contributed by atoms with Crippen molar-refractivity contribution < 1.29 is 24.2 Å². The molecule has 3 aromatic carbocycles. The van der Waals surface area contributed by atoms with Crippen molar-refractivity contribution in [2.24, 2.45) is 0 Å². The van der Waals surface area contributed by atoms with Crippen LogP contribution in [0.4, 0.5) is 11.4 Å². The van der Waals surface area contributed by atoms with Crippen LogP contribution in [0.2, 0.25) is 0 Å². The number of unbranched alkanes of at least 4 members (excludes halogenated alkanes) is 1. The molecule has 2 atom stereocenters. The highest BCUT2D eigenvalue weighted by atomic mass is 16.7. The first kappa shape index (κ1) is 27.9. The first-order valence-corrected chi connectivity index (χ1v) is 13.2. The Morgan fingerprint density at radius 1 is 0.949 bits per heavy atom. The Hall–Kier alpha value is -4.14. The van der Waals surface area contributed by atoms with Gasteiger partial charge in [-0.15, -0.1) is 0 Å². The van der Waals surface area contributed by atoms with Crippen LogP contribution in [0.5, 0.6) is 0 Å². The third-order valence-electron chi connectivity index (χ3n) is 6.50. The highest BCUT2D eigenvalue weighted by Gasteiger charge is 2.28. The summed E-state index contributed by atoms with van der Waals surface area (Å²) in [6.45, 7) is 0.730. The number of ether oxygens (including phenoxy) is 2. The summed E-state index contributed by atoms with van der Waals surface area (Å²) in [5.41, 5.74) is 9.86. The molecule has 0 bridgehead atoms. The Balaban J connectivity index is 1.28. The normalized spacial score (nSPS) is 16.6. The van der Waals surface area contributed by atoms with E-state index in [9.17, 15) is 14.7 Å². The standard InChI is InChI=1S/C31H35N3O5/c32-26-10-4-5-11-27(26)34-29(36)12-6-7-17-33-31(37)28-18-25(24-8-2-1-3-9-24)19-30(39-28)38-21-23-15-13-22(20-35)14-16-23/h1-5,8-11,13-16,18,25,30,35H,6-7,12,17,19-21,32H2,(H,33,37)(H,34,36)/t25-,30+/m0/s1. The molecule has 204 valence electrons. The number of nitrogens with one attached hydrogen (secondary N) is 2. The maximum absolute atomic E-state index is 13.0. The van der Waals surface area contributed by atoms with Gasteiger partial charge in [0.25, 0.3) is 5.91 Å². The summed E-state index contributed by atoms with van der Waals surface area (Å²) in [6, 6.07) is 24.6. The molecule has 1 aliphatic rings. The van der Waals surface area contributed by atoms with Crippen molar-refractivity contribution >= 4 is 23.2 Å². The van der Waals surface area contributed by atoms with Gasteiger partial charge in [0, 0.05) is 25.3 Å². The van der Waals surface area contributed by atoms with Crippen LogP contribution in [0.3, 0.4) is 0 Å². The number of anilines is 2. The number of nitrogens with two attached hydrogens (primary N) is 1. The highest BCUT2D eigenvalue weighted by molar-refractivity contribution is 5.93. The van der Waals surface area contributed by atoms with Gasteiger partial charge in [-0.05, 0) is 47.7 Å². The van der Waals surface area contributed by atoms with E-state index >= 15 is 0 Å². The van der Waals surface area contributed by atoms with Crippen molar-refractivity contribution in [1.29, 1.82) is 0 Å². The first-order valence-electron chi connectivity index (χ1n) is 13.2. The van der Waals surface area contributed by atoms with Crippen molar-refractivity contribution in [1.82, 2.24) is 5.32 Å². The number of allylic oxidation sites excluding steroid dienone is 1. The van der Waals surface area contributed by atoms with Gasteiger partial charge in [-0.3, -0.25) is 9.59 Å². The van der Waals surface area contributed by atoms with Gasteiger partial charge in [-0.1, -0.05) is 66.7 Å². The number of para-hydroxylation sites is 2. The first-order chi connectivity index (χ1) is 19.0. The van der Waals surface area contributed by atoms with Gasteiger partial charge < -0.3 is 30.9 Å². The molecule has 0 aliphatic carbocycles. The monoisotopic (exact) mass is 529 g/mol. The molecule has 1 aliphatic heterocycles. The van der Waals surface area contributed by atoms with E-state index in [0.717, 1.165) is 16.7 Å². The summed E-state index contributed by atoms with van der Waals surface area (Å²) in [7, 11) is 0. The van der Waals surface area contributed by atoms with Crippen LogP contribution in [-0.4, -0.2) is 29.8 Å². The van der Waals surface area contributed by atoms with Crippen LogP contribution in [0.1, 0.15) is 48.3 Å². The molecule has 0 radical (unpaired) electrons. The molecule has 2 amide bonds. The smallest absolute Gasteiger partial charge is 0.286 e. The SMILES string of the molecule is Nc1ccccc1NC(=O)CCCCNC(=O)C1=C[C@H](c2ccccc2)C[C@H](OCc2ccc(CO)cc2)O1. The lowest BCUT2D eigenvalue weighted by atomic mass is 9.93. The van der Waals surface area contributed by atoms with Gasteiger partial charge in [0.05, 0.1) is 24.6 Å². The molecule has 1 heterocycles. The zero-order valence-corrected chi connectivity index (χ0v) is 21.8. The zero-order valence-electron chi connectivity index (χ0n) is 21.8. The maximum Gasteiger partial charge on any atom is 0.286 e. The Bertz CT molecular complexity index is 1260. The van der Waals surface area contributed by atoms with E-state index < -0.39 is 6.29 Å². The highest BCUT2D eigenvalue weighted by Crippen LogP contribution is 2.31. The topological polar surface area (TPSA) is 123 Å². The lowest BCUT2D eigenvalue weighted by Crippen LogP contribution is -2.33. The van der Waals surface area contributed by atoms with Crippen molar-refractivity contribution in [2.75, 3.05) is 17.6 Å². The summed E-state index contributed by atoms with van der Waals surface area (Å²) < 4.78 is 12.0. The van der Waals surface area contributed by atoms with Crippen LogP contribution >= 0.6 is 0 Å². The fourth-order valence-corrected chi connectivity index (χ4v) is 4.30. The van der Waals surface area contributed by atoms with Crippen LogP contribution in [0.25, 0.3) is 0 Å². The molecule has 0 spiro atoms. The number of carbonyl (C=O) groups is 2.